The van der Waals surface area contributed by atoms with Gasteiger partial charge in [-0.25, -0.2) is 11.0 Å². The lowest BCUT2D eigenvalue weighted by molar-refractivity contribution is 0.341. The van der Waals surface area contributed by atoms with Crippen molar-refractivity contribution in [2.75, 3.05) is 0 Å². The van der Waals surface area contributed by atoms with E-state index in [4.69, 9.17) is 11.6 Å². The molecule has 0 atom stereocenters. The predicted molar refractivity (Wildman–Crippen MR) is 29.0 cm³/mol. The summed E-state index contributed by atoms with van der Waals surface area (Å²) in [5.41, 5.74) is 5.26. The Balaban J connectivity index is 2.54. The van der Waals surface area contributed by atoms with Crippen LogP contribution in [0.3, 0.4) is 0 Å². The van der Waals surface area contributed by atoms with Crippen LogP contribution in [0.4, 0.5) is 0 Å². The van der Waals surface area contributed by atoms with Gasteiger partial charge in [-0.05, 0) is 11.9 Å². The van der Waals surface area contributed by atoms with E-state index < -0.39 is 0 Å². The summed E-state index contributed by atoms with van der Waals surface area (Å²) in [6.45, 7) is 0. The summed E-state index contributed by atoms with van der Waals surface area (Å²) in [7, 11) is 0. The van der Waals surface area contributed by atoms with E-state index in [2.05, 4.69) is 4.83 Å². The molecule has 5 N–H and O–H groups in total. The molecule has 0 amide bonds. The van der Waals surface area contributed by atoms with Gasteiger partial charge in [0, 0.05) is 5.41 Å². The van der Waals surface area contributed by atoms with Gasteiger partial charge >= 0.3 is 0 Å². The molecule has 7 heavy (non-hydrogen) atoms. The summed E-state index contributed by atoms with van der Waals surface area (Å²) < 4.78 is 0. The molecule has 40 valence electrons. The summed E-state index contributed by atoms with van der Waals surface area (Å²) in [5, 5.41) is 2.98. The number of rotatable bonds is 0. The molecule has 0 aromatic rings. The predicted octanol–water partition coefficient (Wildman–Crippen LogP) is -0.914. The second kappa shape index (κ2) is 1.61. The Morgan fingerprint density at radius 3 is 2.71 bits per heavy atom. The first-order valence-corrected chi connectivity index (χ1v) is 2.60. The van der Waals surface area contributed by atoms with Crippen molar-refractivity contribution in [2.24, 2.45) is 11.6 Å². The smallest absolute Gasteiger partial charge is 0.138 e. The van der Waals surface area contributed by atoms with E-state index in [1.54, 1.807) is 5.41 Å². The van der Waals surface area contributed by atoms with Crippen LogP contribution in [0.2, 0.25) is 0 Å². The topological polar surface area (TPSA) is 67.3 Å². The molecule has 5 heteroatoms. The zero-order valence-corrected chi connectivity index (χ0v) is 4.40. The van der Waals surface area contributed by atoms with Crippen molar-refractivity contribution in [2.45, 2.75) is 0 Å². The zero-order chi connectivity index (χ0) is 5.28. The van der Waals surface area contributed by atoms with Crippen LogP contribution in [0, 0.1) is 0 Å². The van der Waals surface area contributed by atoms with Crippen LogP contribution in [0.25, 0.3) is 0 Å². The summed E-state index contributed by atoms with van der Waals surface area (Å²) in [6, 6.07) is 0. The van der Waals surface area contributed by atoms with E-state index in [1.165, 1.54) is 17.1 Å². The molecule has 0 unspecified atom stereocenters. The van der Waals surface area contributed by atoms with Crippen LogP contribution >= 0.6 is 11.9 Å². The minimum absolute atomic E-state index is 0.546. The SMILES string of the molecule is NC1=CSNN1N. The first-order valence-electron chi connectivity index (χ1n) is 1.72. The lowest BCUT2D eigenvalue weighted by Gasteiger charge is -2.08. The van der Waals surface area contributed by atoms with Gasteiger partial charge in [0.2, 0.25) is 0 Å². The van der Waals surface area contributed by atoms with E-state index in [0.29, 0.717) is 5.82 Å². The standard InChI is InChI=1S/C2H6N4S/c3-2-1-7-5-6(2)4/h1,5H,3-4H2. The molecular formula is C2H6N4S. The van der Waals surface area contributed by atoms with Crippen molar-refractivity contribution in [3.8, 4) is 0 Å². The molecule has 0 aromatic heterocycles. The number of hydrogen-bond donors (Lipinski definition) is 3. The molecule has 1 aliphatic rings. The van der Waals surface area contributed by atoms with Crippen LogP contribution in [-0.2, 0) is 0 Å². The molecule has 1 heterocycles. The largest absolute Gasteiger partial charge is 0.383 e. The number of hydrazine groups is 2. The molecule has 1 rings (SSSR count). The van der Waals surface area contributed by atoms with E-state index in [0.717, 1.165) is 0 Å². The van der Waals surface area contributed by atoms with Gasteiger partial charge in [-0.1, -0.05) is 0 Å². The molecular weight excluding hydrogens is 112 g/mol. The highest BCUT2D eigenvalue weighted by molar-refractivity contribution is 8.00. The quantitative estimate of drug-likeness (QED) is 0.284. The lowest BCUT2D eigenvalue weighted by Crippen LogP contribution is -2.37. The molecule has 0 fully saturated rings. The van der Waals surface area contributed by atoms with E-state index >= 15 is 0 Å². The molecule has 1 aliphatic heterocycles. The summed E-state index contributed by atoms with van der Waals surface area (Å²) >= 11 is 1.35. The highest BCUT2D eigenvalue weighted by Gasteiger charge is 2.04. The third-order valence-electron chi connectivity index (χ3n) is 0.609. The van der Waals surface area contributed by atoms with Crippen LogP contribution in [0.1, 0.15) is 0 Å². The van der Waals surface area contributed by atoms with Crippen LogP contribution < -0.4 is 16.4 Å². The Morgan fingerprint density at radius 2 is 2.57 bits per heavy atom. The maximum atomic E-state index is 5.26. The Hall–Kier alpha value is -0.390. The Morgan fingerprint density at radius 1 is 1.86 bits per heavy atom. The van der Waals surface area contributed by atoms with Gasteiger partial charge in [0.25, 0.3) is 0 Å². The summed E-state index contributed by atoms with van der Waals surface area (Å²) in [5.74, 6) is 5.73. The highest BCUT2D eigenvalue weighted by atomic mass is 32.2. The van der Waals surface area contributed by atoms with Gasteiger partial charge in [-0.3, -0.25) is 0 Å². The molecule has 0 spiro atoms. The molecule has 0 aliphatic carbocycles. The van der Waals surface area contributed by atoms with E-state index in [9.17, 15) is 0 Å². The second-order valence-electron chi connectivity index (χ2n) is 1.12. The van der Waals surface area contributed by atoms with Gasteiger partial charge in [-0.2, -0.15) is 4.83 Å². The Labute approximate surface area is 45.6 Å². The average molecular weight is 118 g/mol. The maximum absolute atomic E-state index is 5.26. The van der Waals surface area contributed by atoms with Gasteiger partial charge in [0.15, 0.2) is 0 Å². The van der Waals surface area contributed by atoms with Crippen LogP contribution in [0.5, 0.6) is 0 Å². The van der Waals surface area contributed by atoms with Gasteiger partial charge in [0.05, 0.1) is 0 Å². The maximum Gasteiger partial charge on any atom is 0.138 e. The Kier molecular flexibility index (Phi) is 1.09. The van der Waals surface area contributed by atoms with Crippen molar-refractivity contribution in [1.82, 2.24) is 9.95 Å². The molecule has 0 bridgehead atoms. The van der Waals surface area contributed by atoms with E-state index in [-0.39, 0.29) is 0 Å². The molecule has 0 radical (unpaired) electrons. The summed E-state index contributed by atoms with van der Waals surface area (Å²) in [4.78, 5) is 2.68. The first-order chi connectivity index (χ1) is 3.30. The van der Waals surface area contributed by atoms with Crippen molar-refractivity contribution < 1.29 is 0 Å². The first kappa shape index (κ1) is 4.76. The Bertz CT molecular complexity index is 99.9. The van der Waals surface area contributed by atoms with Gasteiger partial charge in [-0.15, -0.1) is 0 Å². The van der Waals surface area contributed by atoms with Crippen molar-refractivity contribution >= 4 is 11.9 Å². The third-order valence-corrected chi connectivity index (χ3v) is 1.27. The number of nitrogens with two attached hydrogens (primary N) is 2. The molecule has 0 saturated heterocycles. The van der Waals surface area contributed by atoms with Crippen molar-refractivity contribution in [3.05, 3.63) is 11.2 Å². The molecule has 0 saturated carbocycles. The number of nitrogens with zero attached hydrogens (tertiary/aromatic N) is 1. The second-order valence-corrected chi connectivity index (χ2v) is 1.78. The lowest BCUT2D eigenvalue weighted by atomic mass is 10.9. The third kappa shape index (κ3) is 0.792. The van der Waals surface area contributed by atoms with Gasteiger partial charge < -0.3 is 5.73 Å². The monoisotopic (exact) mass is 118 g/mol. The summed E-state index contributed by atoms with van der Waals surface area (Å²) in [6.07, 6.45) is 0. The fraction of sp³-hybridized carbons (Fsp3) is 0. The number of nitrogens with one attached hydrogen (secondary N) is 1. The van der Waals surface area contributed by atoms with Crippen LogP contribution in [-0.4, -0.2) is 5.12 Å². The molecule has 0 aromatic carbocycles. The highest BCUT2D eigenvalue weighted by Crippen LogP contribution is 2.07. The molecule has 4 nitrogen and oxygen atoms in total. The minimum atomic E-state index is 0.546. The minimum Gasteiger partial charge on any atom is -0.383 e. The average Bonchev–Trinajstić information content (AvgIpc) is 1.91. The fourth-order valence-corrected chi connectivity index (χ4v) is 0.759. The normalized spacial score (nSPS) is 20.1. The van der Waals surface area contributed by atoms with Crippen molar-refractivity contribution in [1.29, 1.82) is 0 Å². The van der Waals surface area contributed by atoms with Crippen molar-refractivity contribution in [3.63, 3.8) is 0 Å². The van der Waals surface area contributed by atoms with Crippen LogP contribution in [0.15, 0.2) is 11.2 Å². The van der Waals surface area contributed by atoms with E-state index in [1.807, 2.05) is 0 Å². The number of hydrogen-bond acceptors (Lipinski definition) is 5. The van der Waals surface area contributed by atoms with Gasteiger partial charge in [0.1, 0.15) is 5.82 Å². The fourth-order valence-electron chi connectivity index (χ4n) is 0.253. The zero-order valence-electron chi connectivity index (χ0n) is 3.59.